The zero-order valence-electron chi connectivity index (χ0n) is 26.1. The van der Waals surface area contributed by atoms with Gasteiger partial charge in [-0.2, -0.15) is 0 Å². The maximum atomic E-state index is 13.0. The SMILES string of the molecule is CCC(C)(OCCC(C)(C)OC(C)(C)C(=O)OCC(C)OC(C)C)C(C)(C)C(=O)OCC(C)OC(C)C. The number of hydrogen-bond donors (Lipinski definition) is 0. The summed E-state index contributed by atoms with van der Waals surface area (Å²) in [5, 5.41) is 0. The topological polar surface area (TPSA) is 89.5 Å². The summed E-state index contributed by atoms with van der Waals surface area (Å²) in [6.07, 6.45) is 0.853. The van der Waals surface area contributed by atoms with E-state index in [0.29, 0.717) is 19.4 Å². The summed E-state index contributed by atoms with van der Waals surface area (Å²) in [7, 11) is 0. The highest BCUT2D eigenvalue weighted by Crippen LogP contribution is 2.39. The van der Waals surface area contributed by atoms with Gasteiger partial charge in [-0.05, 0) is 103 Å². The Kier molecular flexibility index (Phi) is 14.3. The Labute approximate surface area is 226 Å². The van der Waals surface area contributed by atoms with Gasteiger partial charge in [0.15, 0.2) is 5.60 Å². The van der Waals surface area contributed by atoms with Gasteiger partial charge >= 0.3 is 11.9 Å². The zero-order chi connectivity index (χ0) is 29.2. The highest BCUT2D eigenvalue weighted by Gasteiger charge is 2.48. The van der Waals surface area contributed by atoms with Crippen molar-refractivity contribution in [2.75, 3.05) is 19.8 Å². The average molecular weight is 533 g/mol. The third-order valence-electron chi connectivity index (χ3n) is 6.56. The van der Waals surface area contributed by atoms with E-state index in [2.05, 4.69) is 0 Å². The van der Waals surface area contributed by atoms with Crippen LogP contribution in [0.3, 0.4) is 0 Å². The first-order chi connectivity index (χ1) is 16.7. The number of hydrogen-bond acceptors (Lipinski definition) is 8. The fraction of sp³-hybridized carbons (Fsp3) is 0.931. The van der Waals surface area contributed by atoms with E-state index in [1.807, 2.05) is 83.1 Å². The second-order valence-electron chi connectivity index (χ2n) is 12.4. The van der Waals surface area contributed by atoms with Gasteiger partial charge < -0.3 is 28.4 Å². The van der Waals surface area contributed by atoms with Gasteiger partial charge in [-0.1, -0.05) is 6.92 Å². The van der Waals surface area contributed by atoms with E-state index in [1.54, 1.807) is 13.8 Å². The van der Waals surface area contributed by atoms with Crippen LogP contribution in [-0.2, 0) is 38.0 Å². The number of ether oxygens (including phenoxy) is 6. The number of carbonyl (C=O) groups is 2. The molecule has 8 nitrogen and oxygen atoms in total. The maximum Gasteiger partial charge on any atom is 0.337 e. The molecule has 0 aliphatic rings. The molecule has 0 aliphatic carbocycles. The molecule has 8 heteroatoms. The van der Waals surface area contributed by atoms with Crippen molar-refractivity contribution in [3.63, 3.8) is 0 Å². The van der Waals surface area contributed by atoms with Crippen molar-refractivity contribution >= 4 is 11.9 Å². The van der Waals surface area contributed by atoms with E-state index in [9.17, 15) is 9.59 Å². The van der Waals surface area contributed by atoms with E-state index in [1.165, 1.54) is 0 Å². The zero-order valence-corrected chi connectivity index (χ0v) is 26.1. The quantitative estimate of drug-likeness (QED) is 0.202. The summed E-state index contributed by atoms with van der Waals surface area (Å²) in [5.74, 6) is -0.773. The van der Waals surface area contributed by atoms with Crippen molar-refractivity contribution in [3.8, 4) is 0 Å². The van der Waals surface area contributed by atoms with Crippen molar-refractivity contribution in [1.82, 2.24) is 0 Å². The summed E-state index contributed by atoms with van der Waals surface area (Å²) < 4.78 is 34.8. The third-order valence-corrected chi connectivity index (χ3v) is 6.56. The molecule has 3 unspecified atom stereocenters. The number of rotatable bonds is 18. The first-order valence-corrected chi connectivity index (χ1v) is 13.7. The number of carbonyl (C=O) groups excluding carboxylic acids is 2. The number of esters is 2. The van der Waals surface area contributed by atoms with E-state index in [-0.39, 0.29) is 43.6 Å². The molecule has 0 spiro atoms. The minimum absolute atomic E-state index is 0.0555. The molecule has 0 saturated carbocycles. The van der Waals surface area contributed by atoms with Crippen LogP contribution in [0.25, 0.3) is 0 Å². The Morgan fingerprint density at radius 1 is 0.703 bits per heavy atom. The molecule has 0 radical (unpaired) electrons. The molecule has 0 bridgehead atoms. The van der Waals surface area contributed by atoms with Gasteiger partial charge in [0.05, 0.1) is 47.6 Å². The molecule has 0 aliphatic heterocycles. The van der Waals surface area contributed by atoms with Crippen molar-refractivity contribution in [2.45, 2.75) is 151 Å². The predicted octanol–water partition coefficient (Wildman–Crippen LogP) is 5.88. The van der Waals surface area contributed by atoms with Gasteiger partial charge in [0.1, 0.15) is 13.2 Å². The van der Waals surface area contributed by atoms with E-state index in [0.717, 1.165) is 0 Å². The lowest BCUT2D eigenvalue weighted by molar-refractivity contribution is -0.198. The molecule has 0 amide bonds. The Morgan fingerprint density at radius 3 is 1.54 bits per heavy atom. The summed E-state index contributed by atoms with van der Waals surface area (Å²) in [4.78, 5) is 25.7. The fourth-order valence-corrected chi connectivity index (χ4v) is 3.99. The van der Waals surface area contributed by atoms with Crippen molar-refractivity contribution in [1.29, 1.82) is 0 Å². The van der Waals surface area contributed by atoms with Crippen LogP contribution >= 0.6 is 0 Å². The van der Waals surface area contributed by atoms with Gasteiger partial charge in [-0.25, -0.2) is 4.79 Å². The fourth-order valence-electron chi connectivity index (χ4n) is 3.99. The van der Waals surface area contributed by atoms with Crippen LogP contribution in [0.5, 0.6) is 0 Å². The normalized spacial score (nSPS) is 16.4. The predicted molar refractivity (Wildman–Crippen MR) is 146 cm³/mol. The molecule has 0 aromatic heterocycles. The third kappa shape index (κ3) is 12.5. The van der Waals surface area contributed by atoms with Crippen LogP contribution in [0.1, 0.15) is 110 Å². The van der Waals surface area contributed by atoms with E-state index < -0.39 is 28.2 Å². The standard InChI is InChI=1S/C29H56O8/c1-15-29(14,27(10,11)24(30)32-18-22(6)35-20(2)3)34-17-16-26(8,9)37-28(12,13)25(31)33-19-23(7)36-21(4)5/h20-23H,15-19H2,1-14H3. The lowest BCUT2D eigenvalue weighted by atomic mass is 9.74. The minimum atomic E-state index is -1.15. The van der Waals surface area contributed by atoms with Gasteiger partial charge in [0.25, 0.3) is 0 Å². The Morgan fingerprint density at radius 2 is 1.14 bits per heavy atom. The lowest BCUT2D eigenvalue weighted by Crippen LogP contribution is -2.51. The first-order valence-electron chi connectivity index (χ1n) is 13.7. The molecule has 3 atom stereocenters. The molecular weight excluding hydrogens is 476 g/mol. The second-order valence-corrected chi connectivity index (χ2v) is 12.4. The second kappa shape index (κ2) is 14.8. The van der Waals surface area contributed by atoms with E-state index >= 15 is 0 Å². The monoisotopic (exact) mass is 532 g/mol. The summed E-state index contributed by atoms with van der Waals surface area (Å²) in [5.41, 5.74) is -3.47. The van der Waals surface area contributed by atoms with Crippen LogP contribution in [0.2, 0.25) is 0 Å². The molecule has 0 fully saturated rings. The van der Waals surface area contributed by atoms with Crippen LogP contribution in [0.4, 0.5) is 0 Å². The summed E-state index contributed by atoms with van der Waals surface area (Å²) in [6.45, 7) is 27.0. The Bertz CT molecular complexity index is 698. The van der Waals surface area contributed by atoms with Crippen LogP contribution < -0.4 is 0 Å². The van der Waals surface area contributed by atoms with Crippen LogP contribution in [0.15, 0.2) is 0 Å². The maximum absolute atomic E-state index is 13.0. The van der Waals surface area contributed by atoms with Crippen molar-refractivity contribution in [3.05, 3.63) is 0 Å². The molecular formula is C29H56O8. The van der Waals surface area contributed by atoms with Gasteiger partial charge in [0.2, 0.25) is 0 Å². The van der Waals surface area contributed by atoms with Crippen molar-refractivity contribution < 1.29 is 38.0 Å². The van der Waals surface area contributed by atoms with Crippen LogP contribution in [0, 0.1) is 5.41 Å². The van der Waals surface area contributed by atoms with E-state index in [4.69, 9.17) is 28.4 Å². The molecule has 220 valence electrons. The van der Waals surface area contributed by atoms with Gasteiger partial charge in [0, 0.05) is 0 Å². The van der Waals surface area contributed by atoms with Gasteiger partial charge in [-0.3, -0.25) is 4.79 Å². The molecule has 0 aromatic carbocycles. The molecule has 0 N–H and O–H groups in total. The molecule has 0 heterocycles. The Hall–Kier alpha value is -1.22. The average Bonchev–Trinajstić information content (AvgIpc) is 2.73. The van der Waals surface area contributed by atoms with Gasteiger partial charge in [-0.15, -0.1) is 0 Å². The first kappa shape index (κ1) is 35.8. The minimum Gasteiger partial charge on any atom is -0.462 e. The highest BCUT2D eigenvalue weighted by molar-refractivity contribution is 5.78. The van der Waals surface area contributed by atoms with Crippen LogP contribution in [-0.4, -0.2) is 73.0 Å². The van der Waals surface area contributed by atoms with Crippen molar-refractivity contribution in [2.24, 2.45) is 5.41 Å². The smallest absolute Gasteiger partial charge is 0.337 e. The Balaban J connectivity index is 5.01. The summed E-state index contributed by atoms with van der Waals surface area (Å²) >= 11 is 0. The highest BCUT2D eigenvalue weighted by atomic mass is 16.6. The summed E-state index contributed by atoms with van der Waals surface area (Å²) in [6, 6.07) is 0. The largest absolute Gasteiger partial charge is 0.462 e. The molecule has 37 heavy (non-hydrogen) atoms. The molecule has 0 saturated heterocycles. The lowest BCUT2D eigenvalue weighted by Gasteiger charge is -2.42. The molecule has 0 aromatic rings. The molecule has 0 rings (SSSR count).